The first-order chi connectivity index (χ1) is 9.32. The molecule has 1 aliphatic heterocycles. The molecule has 1 aliphatic rings. The molecular formula is C17H18FN. The van der Waals surface area contributed by atoms with E-state index in [4.69, 9.17) is 0 Å². The molecule has 98 valence electrons. The lowest BCUT2D eigenvalue weighted by molar-refractivity contribution is 0.163. The first-order valence-electron chi connectivity index (χ1n) is 6.85. The van der Waals surface area contributed by atoms with Crippen molar-refractivity contribution in [1.29, 1.82) is 0 Å². The Labute approximate surface area is 113 Å². The number of halogens is 1. The van der Waals surface area contributed by atoms with Gasteiger partial charge < -0.3 is 5.32 Å². The molecule has 3 rings (SSSR count). The van der Waals surface area contributed by atoms with Gasteiger partial charge in [-0.2, -0.15) is 0 Å². The highest BCUT2D eigenvalue weighted by Crippen LogP contribution is 2.40. The Kier molecular flexibility index (Phi) is 3.34. The fourth-order valence-electron chi connectivity index (χ4n) is 2.95. The van der Waals surface area contributed by atoms with E-state index in [1.54, 1.807) is 0 Å². The fraction of sp³-hybridized carbons (Fsp3) is 0.294. The summed E-state index contributed by atoms with van der Waals surface area (Å²) >= 11 is 0. The Hall–Kier alpha value is -1.67. The Bertz CT molecular complexity index is 478. The SMILES string of the molecule is FC(c1ccccc1)(c1ccccc1)[C@H]1CCCN1. The minimum absolute atomic E-state index is 0.141. The molecule has 0 aromatic heterocycles. The van der Waals surface area contributed by atoms with Crippen LogP contribution >= 0.6 is 0 Å². The van der Waals surface area contributed by atoms with Crippen LogP contribution in [-0.4, -0.2) is 12.6 Å². The third kappa shape index (κ3) is 2.17. The van der Waals surface area contributed by atoms with Gasteiger partial charge in [-0.05, 0) is 30.5 Å². The van der Waals surface area contributed by atoms with Crippen LogP contribution in [0.4, 0.5) is 4.39 Å². The van der Waals surface area contributed by atoms with Gasteiger partial charge in [0.2, 0.25) is 0 Å². The largest absolute Gasteiger partial charge is 0.310 e. The first kappa shape index (κ1) is 12.4. The summed E-state index contributed by atoms with van der Waals surface area (Å²) < 4.78 is 15.9. The highest BCUT2D eigenvalue weighted by molar-refractivity contribution is 5.38. The van der Waals surface area contributed by atoms with E-state index in [0.29, 0.717) is 0 Å². The molecule has 2 aromatic rings. The van der Waals surface area contributed by atoms with Crippen molar-refractivity contribution < 1.29 is 4.39 Å². The number of rotatable bonds is 3. The maximum absolute atomic E-state index is 15.9. The molecule has 0 unspecified atom stereocenters. The van der Waals surface area contributed by atoms with Gasteiger partial charge in [-0.15, -0.1) is 0 Å². The second-order valence-corrected chi connectivity index (χ2v) is 5.09. The molecule has 1 nitrogen and oxygen atoms in total. The summed E-state index contributed by atoms with van der Waals surface area (Å²) in [5, 5.41) is 3.32. The van der Waals surface area contributed by atoms with Crippen molar-refractivity contribution in [2.45, 2.75) is 24.6 Å². The van der Waals surface area contributed by atoms with Crippen LogP contribution < -0.4 is 5.32 Å². The average Bonchev–Trinajstić information content (AvgIpc) is 3.03. The number of benzene rings is 2. The predicted octanol–water partition coefficient (Wildman–Crippen LogP) is 3.65. The maximum atomic E-state index is 15.9. The summed E-state index contributed by atoms with van der Waals surface area (Å²) in [5.74, 6) is 0. The molecule has 0 radical (unpaired) electrons. The topological polar surface area (TPSA) is 12.0 Å². The molecule has 0 bridgehead atoms. The van der Waals surface area contributed by atoms with Crippen molar-refractivity contribution in [2.24, 2.45) is 0 Å². The number of hydrogen-bond acceptors (Lipinski definition) is 1. The summed E-state index contributed by atoms with van der Waals surface area (Å²) in [7, 11) is 0. The Balaban J connectivity index is 2.10. The highest BCUT2D eigenvalue weighted by atomic mass is 19.1. The lowest BCUT2D eigenvalue weighted by atomic mass is 9.81. The summed E-state index contributed by atoms with van der Waals surface area (Å²) in [5.41, 5.74) is 0.0279. The van der Waals surface area contributed by atoms with Gasteiger partial charge in [0.1, 0.15) is 0 Å². The lowest BCUT2D eigenvalue weighted by Gasteiger charge is -2.32. The Morgan fingerprint density at radius 3 is 1.84 bits per heavy atom. The molecule has 0 spiro atoms. The Morgan fingerprint density at radius 1 is 0.895 bits per heavy atom. The zero-order valence-electron chi connectivity index (χ0n) is 10.9. The molecular weight excluding hydrogens is 237 g/mol. The molecule has 1 N–H and O–H groups in total. The zero-order chi connectivity index (χ0) is 13.1. The summed E-state index contributed by atoms with van der Waals surface area (Å²) in [6.07, 6.45) is 1.91. The lowest BCUT2D eigenvalue weighted by Crippen LogP contribution is -2.42. The van der Waals surface area contributed by atoms with E-state index >= 15 is 4.39 Å². The molecule has 19 heavy (non-hydrogen) atoms. The molecule has 0 amide bonds. The van der Waals surface area contributed by atoms with Crippen LogP contribution in [0.15, 0.2) is 60.7 Å². The minimum atomic E-state index is -1.45. The quantitative estimate of drug-likeness (QED) is 0.882. The van der Waals surface area contributed by atoms with E-state index in [1.165, 1.54) is 0 Å². The molecule has 0 aliphatic carbocycles. The van der Waals surface area contributed by atoms with Gasteiger partial charge in [-0.3, -0.25) is 0 Å². The van der Waals surface area contributed by atoms with E-state index in [-0.39, 0.29) is 6.04 Å². The number of nitrogens with one attached hydrogen (secondary N) is 1. The summed E-state index contributed by atoms with van der Waals surface area (Å²) in [6, 6.07) is 18.9. The predicted molar refractivity (Wildman–Crippen MR) is 75.8 cm³/mol. The van der Waals surface area contributed by atoms with Gasteiger partial charge in [0.05, 0.1) is 0 Å². The smallest absolute Gasteiger partial charge is 0.176 e. The average molecular weight is 255 g/mol. The number of hydrogen-bond donors (Lipinski definition) is 1. The van der Waals surface area contributed by atoms with E-state index < -0.39 is 5.67 Å². The Morgan fingerprint density at radius 2 is 1.42 bits per heavy atom. The van der Waals surface area contributed by atoms with Gasteiger partial charge in [0.25, 0.3) is 0 Å². The van der Waals surface area contributed by atoms with Gasteiger partial charge in [-0.25, -0.2) is 4.39 Å². The van der Waals surface area contributed by atoms with Crippen molar-refractivity contribution in [3.05, 3.63) is 71.8 Å². The van der Waals surface area contributed by atoms with Crippen molar-refractivity contribution in [3.8, 4) is 0 Å². The third-order valence-corrected chi connectivity index (χ3v) is 3.93. The first-order valence-corrected chi connectivity index (χ1v) is 6.85. The molecule has 1 fully saturated rings. The van der Waals surface area contributed by atoms with Gasteiger partial charge in [0, 0.05) is 6.04 Å². The van der Waals surface area contributed by atoms with Gasteiger partial charge in [-0.1, -0.05) is 60.7 Å². The van der Waals surface area contributed by atoms with E-state index in [2.05, 4.69) is 5.32 Å². The molecule has 1 heterocycles. The number of alkyl halides is 1. The molecule has 1 atom stereocenters. The van der Waals surface area contributed by atoms with Crippen molar-refractivity contribution in [3.63, 3.8) is 0 Å². The van der Waals surface area contributed by atoms with Crippen molar-refractivity contribution >= 4 is 0 Å². The third-order valence-electron chi connectivity index (χ3n) is 3.93. The molecule has 2 aromatic carbocycles. The van der Waals surface area contributed by atoms with E-state index in [0.717, 1.165) is 30.5 Å². The van der Waals surface area contributed by atoms with E-state index in [9.17, 15) is 0 Å². The van der Waals surface area contributed by atoms with Crippen molar-refractivity contribution in [1.82, 2.24) is 5.32 Å². The monoisotopic (exact) mass is 255 g/mol. The maximum Gasteiger partial charge on any atom is 0.176 e. The van der Waals surface area contributed by atoms with Gasteiger partial charge in [0.15, 0.2) is 5.67 Å². The van der Waals surface area contributed by atoms with E-state index in [1.807, 2.05) is 60.7 Å². The standard InChI is InChI=1S/C17H18FN/c18-17(16-12-7-13-19-16,14-8-3-1-4-9-14)15-10-5-2-6-11-15/h1-6,8-11,16,19H,7,12-13H2/t16-/m1/s1. The van der Waals surface area contributed by atoms with Crippen LogP contribution in [0, 0.1) is 0 Å². The van der Waals surface area contributed by atoms with Crippen LogP contribution in [0.5, 0.6) is 0 Å². The minimum Gasteiger partial charge on any atom is -0.310 e. The van der Waals surface area contributed by atoms with Crippen LogP contribution in [-0.2, 0) is 5.67 Å². The summed E-state index contributed by atoms with van der Waals surface area (Å²) in [4.78, 5) is 0. The van der Waals surface area contributed by atoms with Crippen LogP contribution in [0.2, 0.25) is 0 Å². The second-order valence-electron chi connectivity index (χ2n) is 5.09. The van der Waals surface area contributed by atoms with Crippen LogP contribution in [0.25, 0.3) is 0 Å². The fourth-order valence-corrected chi connectivity index (χ4v) is 2.95. The molecule has 0 saturated carbocycles. The molecule has 2 heteroatoms. The normalized spacial score (nSPS) is 19.5. The van der Waals surface area contributed by atoms with Crippen molar-refractivity contribution in [2.75, 3.05) is 6.54 Å². The van der Waals surface area contributed by atoms with Crippen LogP contribution in [0.3, 0.4) is 0 Å². The highest BCUT2D eigenvalue weighted by Gasteiger charge is 2.43. The second kappa shape index (κ2) is 5.14. The zero-order valence-corrected chi connectivity index (χ0v) is 10.9. The molecule has 1 saturated heterocycles. The van der Waals surface area contributed by atoms with Crippen LogP contribution in [0.1, 0.15) is 24.0 Å². The summed E-state index contributed by atoms with van der Waals surface area (Å²) in [6.45, 7) is 0.899. The van der Waals surface area contributed by atoms with Gasteiger partial charge >= 0.3 is 0 Å².